The van der Waals surface area contributed by atoms with Gasteiger partial charge in [-0.3, -0.25) is 9.59 Å². The number of carbonyl (C=O) groups is 3. The lowest BCUT2D eigenvalue weighted by molar-refractivity contribution is -0.121. The number of amides is 3. The van der Waals surface area contributed by atoms with Crippen LogP contribution in [-0.4, -0.2) is 44.3 Å². The van der Waals surface area contributed by atoms with Gasteiger partial charge in [0.25, 0.3) is 5.91 Å². The molecule has 9 heteroatoms. The van der Waals surface area contributed by atoms with Crippen LogP contribution in [0, 0.1) is 0 Å². The summed E-state index contributed by atoms with van der Waals surface area (Å²) in [6.45, 7) is 5.82. The Balaban J connectivity index is 1.80. The van der Waals surface area contributed by atoms with Crippen LogP contribution in [0.1, 0.15) is 43.1 Å². The molecule has 2 aromatic rings. The summed E-state index contributed by atoms with van der Waals surface area (Å²) in [6, 6.07) is 12.1. The minimum atomic E-state index is -0.585. The molecule has 3 N–H and O–H groups in total. The van der Waals surface area contributed by atoms with Crippen LogP contribution in [0.2, 0.25) is 0 Å². The maximum Gasteiger partial charge on any atom is 0.407 e. The lowest BCUT2D eigenvalue weighted by Crippen LogP contribution is -2.35. The summed E-state index contributed by atoms with van der Waals surface area (Å²) in [7, 11) is 3.04. The van der Waals surface area contributed by atoms with Crippen LogP contribution >= 0.6 is 0 Å². The molecule has 0 unspecified atom stereocenters. The van der Waals surface area contributed by atoms with E-state index in [2.05, 4.69) is 16.0 Å². The first kappa shape index (κ1) is 25.5. The van der Waals surface area contributed by atoms with E-state index in [1.165, 1.54) is 14.2 Å². The van der Waals surface area contributed by atoms with Gasteiger partial charge in [0, 0.05) is 36.8 Å². The van der Waals surface area contributed by atoms with Gasteiger partial charge in [-0.15, -0.1) is 0 Å². The highest BCUT2D eigenvalue weighted by atomic mass is 16.6. The number of rotatable bonds is 9. The van der Waals surface area contributed by atoms with Crippen LogP contribution in [0.15, 0.2) is 42.5 Å². The number of alkyl carbamates (subject to hydrolysis) is 1. The Morgan fingerprint density at radius 1 is 0.879 bits per heavy atom. The molecule has 178 valence electrons. The van der Waals surface area contributed by atoms with Gasteiger partial charge in [-0.1, -0.05) is 12.1 Å². The Labute approximate surface area is 193 Å². The van der Waals surface area contributed by atoms with E-state index in [0.29, 0.717) is 29.3 Å². The largest absolute Gasteiger partial charge is 0.497 e. The van der Waals surface area contributed by atoms with Crippen LogP contribution in [0.25, 0.3) is 0 Å². The Bertz CT molecular complexity index is 945. The first-order chi connectivity index (χ1) is 15.6. The molecule has 0 spiro atoms. The summed E-state index contributed by atoms with van der Waals surface area (Å²) < 4.78 is 15.5. The Kier molecular flexibility index (Phi) is 9.08. The summed E-state index contributed by atoms with van der Waals surface area (Å²) in [5, 5.41) is 8.15. The molecule has 0 aliphatic heterocycles. The van der Waals surface area contributed by atoms with E-state index in [1.54, 1.807) is 63.2 Å². The monoisotopic (exact) mass is 457 g/mol. The highest BCUT2D eigenvalue weighted by Gasteiger charge is 2.16. The van der Waals surface area contributed by atoms with Crippen LogP contribution in [0.5, 0.6) is 11.5 Å². The fourth-order valence-corrected chi connectivity index (χ4v) is 2.73. The zero-order valence-electron chi connectivity index (χ0n) is 19.6. The topological polar surface area (TPSA) is 115 Å². The second kappa shape index (κ2) is 11.8. The number of nitrogens with one attached hydrogen (secondary N) is 3. The van der Waals surface area contributed by atoms with Gasteiger partial charge in [-0.2, -0.15) is 0 Å². The SMILES string of the molecule is COc1cc(OC)cc(C(=O)Nc2ccc(CNC(=O)CCNC(=O)OC(C)(C)C)cc2)c1. The number of hydrogen-bond donors (Lipinski definition) is 3. The standard InChI is InChI=1S/C24H31N3O6/c1-24(2,3)33-23(30)25-11-10-21(28)26-15-16-6-8-18(9-7-16)27-22(29)17-12-19(31-4)14-20(13-17)32-5/h6-9,12-14H,10-11,15H2,1-5H3,(H,25,30)(H,26,28)(H,27,29). The predicted molar refractivity (Wildman–Crippen MR) is 125 cm³/mol. The molecule has 2 rings (SSSR count). The summed E-state index contributed by atoms with van der Waals surface area (Å²) in [5.74, 6) is 0.542. The molecule has 3 amide bonds. The van der Waals surface area contributed by atoms with E-state index in [9.17, 15) is 14.4 Å². The zero-order valence-corrected chi connectivity index (χ0v) is 19.6. The van der Waals surface area contributed by atoms with Crippen molar-refractivity contribution in [1.29, 1.82) is 0 Å². The van der Waals surface area contributed by atoms with Crippen molar-refractivity contribution < 1.29 is 28.6 Å². The zero-order chi connectivity index (χ0) is 24.4. The first-order valence-corrected chi connectivity index (χ1v) is 10.5. The molecule has 0 saturated carbocycles. The van der Waals surface area contributed by atoms with Crippen molar-refractivity contribution >= 4 is 23.6 Å². The van der Waals surface area contributed by atoms with Crippen molar-refractivity contribution in [3.63, 3.8) is 0 Å². The average Bonchev–Trinajstić information content (AvgIpc) is 2.77. The third kappa shape index (κ3) is 9.10. The van der Waals surface area contributed by atoms with Gasteiger partial charge in [0.15, 0.2) is 0 Å². The van der Waals surface area contributed by atoms with E-state index >= 15 is 0 Å². The van der Waals surface area contributed by atoms with E-state index in [-0.39, 0.29) is 24.8 Å². The lowest BCUT2D eigenvalue weighted by atomic mass is 10.1. The number of carbonyl (C=O) groups excluding carboxylic acids is 3. The Hall–Kier alpha value is -3.75. The minimum Gasteiger partial charge on any atom is -0.497 e. The van der Waals surface area contributed by atoms with Gasteiger partial charge in [0.05, 0.1) is 14.2 Å². The third-order valence-electron chi connectivity index (χ3n) is 4.34. The molecule has 0 aromatic heterocycles. The van der Waals surface area contributed by atoms with Crippen molar-refractivity contribution in [3.05, 3.63) is 53.6 Å². The predicted octanol–water partition coefficient (Wildman–Crippen LogP) is 3.49. The van der Waals surface area contributed by atoms with Gasteiger partial charge in [0.2, 0.25) is 5.91 Å². The fourth-order valence-electron chi connectivity index (χ4n) is 2.73. The van der Waals surface area contributed by atoms with Gasteiger partial charge < -0.3 is 30.2 Å². The molecule has 0 aliphatic rings. The average molecular weight is 458 g/mol. The van der Waals surface area contributed by atoms with Crippen molar-refractivity contribution in [2.75, 3.05) is 26.1 Å². The molecule has 0 atom stereocenters. The number of benzene rings is 2. The van der Waals surface area contributed by atoms with Crippen molar-refractivity contribution in [2.45, 2.75) is 39.3 Å². The quantitative estimate of drug-likeness (QED) is 0.531. The van der Waals surface area contributed by atoms with E-state index in [1.807, 2.05) is 0 Å². The smallest absolute Gasteiger partial charge is 0.407 e. The highest BCUT2D eigenvalue weighted by molar-refractivity contribution is 6.04. The highest BCUT2D eigenvalue weighted by Crippen LogP contribution is 2.23. The molecule has 0 heterocycles. The fraction of sp³-hybridized carbons (Fsp3) is 0.375. The van der Waals surface area contributed by atoms with Crippen molar-refractivity contribution in [3.8, 4) is 11.5 Å². The molecule has 0 aliphatic carbocycles. The molecular formula is C24H31N3O6. The summed E-state index contributed by atoms with van der Waals surface area (Å²) in [5.41, 5.74) is 1.30. The molecule has 33 heavy (non-hydrogen) atoms. The minimum absolute atomic E-state index is 0.136. The van der Waals surface area contributed by atoms with E-state index in [0.717, 1.165) is 5.56 Å². The molecule has 2 aromatic carbocycles. The molecular weight excluding hydrogens is 426 g/mol. The second-order valence-electron chi connectivity index (χ2n) is 8.21. The van der Waals surface area contributed by atoms with Gasteiger partial charge in [0.1, 0.15) is 17.1 Å². The Morgan fingerprint density at radius 3 is 2.03 bits per heavy atom. The van der Waals surface area contributed by atoms with Crippen LogP contribution in [0.3, 0.4) is 0 Å². The number of anilines is 1. The summed E-state index contributed by atoms with van der Waals surface area (Å²) in [4.78, 5) is 36.1. The van der Waals surface area contributed by atoms with Crippen molar-refractivity contribution in [2.24, 2.45) is 0 Å². The van der Waals surface area contributed by atoms with Crippen molar-refractivity contribution in [1.82, 2.24) is 10.6 Å². The Morgan fingerprint density at radius 2 is 1.48 bits per heavy atom. The molecule has 0 radical (unpaired) electrons. The van der Waals surface area contributed by atoms with Crippen LogP contribution < -0.4 is 25.4 Å². The number of hydrogen-bond acceptors (Lipinski definition) is 6. The second-order valence-corrected chi connectivity index (χ2v) is 8.21. The lowest BCUT2D eigenvalue weighted by Gasteiger charge is -2.19. The number of ether oxygens (including phenoxy) is 3. The molecule has 0 bridgehead atoms. The maximum atomic E-state index is 12.6. The molecule has 0 saturated heterocycles. The van der Waals surface area contributed by atoms with E-state index < -0.39 is 11.7 Å². The van der Waals surface area contributed by atoms with Crippen LogP contribution in [0.4, 0.5) is 10.5 Å². The summed E-state index contributed by atoms with van der Waals surface area (Å²) in [6.07, 6.45) is -0.419. The van der Waals surface area contributed by atoms with Gasteiger partial charge in [-0.25, -0.2) is 4.79 Å². The van der Waals surface area contributed by atoms with Gasteiger partial charge >= 0.3 is 6.09 Å². The normalized spacial score (nSPS) is 10.7. The van der Waals surface area contributed by atoms with E-state index in [4.69, 9.17) is 14.2 Å². The number of methoxy groups -OCH3 is 2. The first-order valence-electron chi connectivity index (χ1n) is 10.5. The molecule has 9 nitrogen and oxygen atoms in total. The third-order valence-corrected chi connectivity index (χ3v) is 4.34. The molecule has 0 fully saturated rings. The maximum absolute atomic E-state index is 12.6. The summed E-state index contributed by atoms with van der Waals surface area (Å²) >= 11 is 0. The van der Waals surface area contributed by atoms with Crippen LogP contribution in [-0.2, 0) is 16.1 Å². The van der Waals surface area contributed by atoms with Gasteiger partial charge in [-0.05, 0) is 50.6 Å².